The van der Waals surface area contributed by atoms with Crippen LogP contribution in [0.5, 0.6) is 5.88 Å². The van der Waals surface area contributed by atoms with Crippen LogP contribution in [0.2, 0.25) is 0 Å². The summed E-state index contributed by atoms with van der Waals surface area (Å²) in [5.74, 6) is 0.567. The van der Waals surface area contributed by atoms with Crippen LogP contribution in [0.3, 0.4) is 0 Å². The van der Waals surface area contributed by atoms with Gasteiger partial charge < -0.3 is 9.64 Å². The van der Waals surface area contributed by atoms with Crippen molar-refractivity contribution in [3.05, 3.63) is 52.1 Å². The molecule has 0 amide bonds. The Morgan fingerprint density at radius 1 is 1.11 bits per heavy atom. The van der Waals surface area contributed by atoms with Gasteiger partial charge in [0.05, 0.1) is 18.5 Å². The van der Waals surface area contributed by atoms with E-state index in [-0.39, 0.29) is 17.2 Å². The monoisotopic (exact) mass is 367 g/mol. The Morgan fingerprint density at radius 2 is 1.81 bits per heavy atom. The van der Waals surface area contributed by atoms with Crippen molar-refractivity contribution in [3.8, 4) is 11.8 Å². The van der Waals surface area contributed by atoms with Gasteiger partial charge in [-0.25, -0.2) is 4.98 Å². The number of aromatic amines is 1. The van der Waals surface area contributed by atoms with E-state index in [2.05, 4.69) is 25.3 Å². The zero-order chi connectivity index (χ0) is 19.6. The van der Waals surface area contributed by atoms with Crippen molar-refractivity contribution in [1.82, 2.24) is 19.7 Å². The average Bonchev–Trinajstić information content (AvgIpc) is 2.93. The number of azo groups is 1. The number of aryl methyl sites for hydroxylation is 2. The van der Waals surface area contributed by atoms with Crippen LogP contribution >= 0.6 is 0 Å². The van der Waals surface area contributed by atoms with Crippen LogP contribution in [0, 0.1) is 13.8 Å². The molecule has 0 unspecified atom stereocenters. The van der Waals surface area contributed by atoms with E-state index in [1.807, 2.05) is 43.3 Å². The number of benzene rings is 1. The first-order valence-electron chi connectivity index (χ1n) is 8.30. The Morgan fingerprint density at radius 3 is 2.44 bits per heavy atom. The summed E-state index contributed by atoms with van der Waals surface area (Å²) < 4.78 is 6.37. The van der Waals surface area contributed by atoms with Gasteiger partial charge in [0.25, 0.3) is 5.95 Å². The molecule has 0 spiro atoms. The molecule has 0 aliphatic carbocycles. The molecule has 27 heavy (non-hydrogen) atoms. The number of nitrogens with zero attached hydrogens (tertiary/aromatic N) is 6. The number of nitrogens with one attached hydrogen (secondary N) is 1. The van der Waals surface area contributed by atoms with E-state index in [0.717, 1.165) is 5.69 Å². The maximum Gasteiger partial charge on any atom is 0.301 e. The largest absolute Gasteiger partial charge is 0.481 e. The van der Waals surface area contributed by atoms with E-state index in [4.69, 9.17) is 4.74 Å². The van der Waals surface area contributed by atoms with Gasteiger partial charge in [-0.15, -0.1) is 5.11 Å². The molecule has 0 saturated carbocycles. The Balaban J connectivity index is 1.94. The van der Waals surface area contributed by atoms with Gasteiger partial charge in [0.2, 0.25) is 5.88 Å². The van der Waals surface area contributed by atoms with Crippen LogP contribution in [0.15, 0.2) is 45.4 Å². The maximum absolute atomic E-state index is 12.7. The van der Waals surface area contributed by atoms with Crippen molar-refractivity contribution in [2.24, 2.45) is 10.2 Å². The molecule has 0 aliphatic heterocycles. The van der Waals surface area contributed by atoms with Gasteiger partial charge in [-0.1, -0.05) is 0 Å². The summed E-state index contributed by atoms with van der Waals surface area (Å²) in [5.41, 5.74) is 2.78. The number of H-pyrrole nitrogens is 1. The van der Waals surface area contributed by atoms with Gasteiger partial charge in [-0.2, -0.15) is 14.8 Å². The smallest absolute Gasteiger partial charge is 0.301 e. The molecule has 3 aromatic rings. The third kappa shape index (κ3) is 3.86. The number of ether oxygens (including phenoxy) is 1. The maximum atomic E-state index is 12.7. The molecule has 2 heterocycles. The minimum absolute atomic E-state index is 0.191. The molecular weight excluding hydrogens is 346 g/mol. The molecule has 0 saturated heterocycles. The molecule has 3 rings (SSSR count). The van der Waals surface area contributed by atoms with Crippen LogP contribution in [0.25, 0.3) is 5.95 Å². The molecular formula is C18H21N7O2. The molecule has 0 bridgehead atoms. The van der Waals surface area contributed by atoms with Gasteiger partial charge in [0.1, 0.15) is 0 Å². The summed E-state index contributed by atoms with van der Waals surface area (Å²) in [7, 11) is 5.44. The minimum atomic E-state index is -0.381. The van der Waals surface area contributed by atoms with E-state index in [9.17, 15) is 4.79 Å². The van der Waals surface area contributed by atoms with Crippen molar-refractivity contribution < 1.29 is 4.74 Å². The van der Waals surface area contributed by atoms with Crippen molar-refractivity contribution in [1.29, 1.82) is 0 Å². The average molecular weight is 367 g/mol. The first-order valence-corrected chi connectivity index (χ1v) is 8.30. The molecule has 1 N–H and O–H groups in total. The number of hydrogen-bond acceptors (Lipinski definition) is 7. The summed E-state index contributed by atoms with van der Waals surface area (Å²) in [4.78, 5) is 23.2. The van der Waals surface area contributed by atoms with Gasteiger partial charge in [-0.05, 0) is 38.1 Å². The highest BCUT2D eigenvalue weighted by molar-refractivity contribution is 5.52. The van der Waals surface area contributed by atoms with E-state index < -0.39 is 0 Å². The normalized spacial score (nSPS) is 11.1. The Bertz CT molecular complexity index is 1030. The molecule has 140 valence electrons. The van der Waals surface area contributed by atoms with Crippen LogP contribution < -0.4 is 15.2 Å². The molecule has 1 aromatic carbocycles. The lowest BCUT2D eigenvalue weighted by Crippen LogP contribution is -2.17. The number of anilines is 1. The third-order valence-electron chi connectivity index (χ3n) is 3.90. The predicted molar refractivity (Wildman–Crippen MR) is 103 cm³/mol. The van der Waals surface area contributed by atoms with Gasteiger partial charge in [0.15, 0.2) is 5.69 Å². The molecule has 2 aromatic heterocycles. The number of hydrogen-bond donors (Lipinski definition) is 1. The minimum Gasteiger partial charge on any atom is -0.481 e. The molecule has 0 aliphatic rings. The highest BCUT2D eigenvalue weighted by Gasteiger charge is 2.15. The predicted octanol–water partition coefficient (Wildman–Crippen LogP) is 3.06. The number of methoxy groups -OCH3 is 1. The SMILES string of the molecule is COc1cc(C)nc(-n2[nH]c(C)c(N=Nc3ccc(N(C)C)cc3)c2=O)n1. The summed E-state index contributed by atoms with van der Waals surface area (Å²) in [6.45, 7) is 3.54. The summed E-state index contributed by atoms with van der Waals surface area (Å²) >= 11 is 0. The molecule has 0 radical (unpaired) electrons. The second kappa shape index (κ2) is 7.40. The van der Waals surface area contributed by atoms with Crippen LogP contribution in [-0.2, 0) is 0 Å². The summed E-state index contributed by atoms with van der Waals surface area (Å²) in [6.07, 6.45) is 0. The number of rotatable bonds is 5. The van der Waals surface area contributed by atoms with Gasteiger partial charge >= 0.3 is 5.56 Å². The van der Waals surface area contributed by atoms with Crippen molar-refractivity contribution >= 4 is 17.1 Å². The highest BCUT2D eigenvalue weighted by Crippen LogP contribution is 2.21. The van der Waals surface area contributed by atoms with Gasteiger partial charge in [-0.3, -0.25) is 9.89 Å². The zero-order valence-corrected chi connectivity index (χ0v) is 15.9. The first-order chi connectivity index (χ1) is 12.9. The lowest BCUT2D eigenvalue weighted by atomic mass is 10.3. The van der Waals surface area contributed by atoms with Crippen LogP contribution in [0.4, 0.5) is 17.1 Å². The standard InChI is InChI=1S/C18H21N7O2/c1-11-10-15(27-5)20-18(19-11)25-17(26)16(12(2)23-25)22-21-13-6-8-14(9-7-13)24(3)4/h6-10,23H,1-5H3. The van der Waals surface area contributed by atoms with Crippen molar-refractivity contribution in [2.75, 3.05) is 26.1 Å². The third-order valence-corrected chi connectivity index (χ3v) is 3.90. The summed E-state index contributed by atoms with van der Waals surface area (Å²) in [5, 5.41) is 11.2. The lowest BCUT2D eigenvalue weighted by molar-refractivity contribution is 0.395. The second-order valence-corrected chi connectivity index (χ2v) is 6.19. The Labute approximate surface area is 156 Å². The highest BCUT2D eigenvalue weighted by atomic mass is 16.5. The lowest BCUT2D eigenvalue weighted by Gasteiger charge is -2.11. The van der Waals surface area contributed by atoms with E-state index in [0.29, 0.717) is 23.0 Å². The topological polar surface area (TPSA) is 101 Å². The van der Waals surface area contributed by atoms with Crippen molar-refractivity contribution in [2.45, 2.75) is 13.8 Å². The van der Waals surface area contributed by atoms with Crippen molar-refractivity contribution in [3.63, 3.8) is 0 Å². The molecule has 9 nitrogen and oxygen atoms in total. The fourth-order valence-electron chi connectivity index (χ4n) is 2.45. The zero-order valence-electron chi connectivity index (χ0n) is 15.9. The fourth-order valence-corrected chi connectivity index (χ4v) is 2.45. The van der Waals surface area contributed by atoms with E-state index in [1.165, 1.54) is 11.8 Å². The molecule has 0 atom stereocenters. The second-order valence-electron chi connectivity index (χ2n) is 6.19. The van der Waals surface area contributed by atoms with Crippen LogP contribution in [0.1, 0.15) is 11.4 Å². The Hall–Kier alpha value is -3.49. The fraction of sp³-hybridized carbons (Fsp3) is 0.278. The van der Waals surface area contributed by atoms with E-state index >= 15 is 0 Å². The van der Waals surface area contributed by atoms with Gasteiger partial charge in [0, 0.05) is 31.5 Å². The quantitative estimate of drug-likeness (QED) is 0.699. The van der Waals surface area contributed by atoms with E-state index in [1.54, 1.807) is 19.9 Å². The number of aromatic nitrogens is 4. The molecule has 9 heteroatoms. The van der Waals surface area contributed by atoms with Crippen LogP contribution in [-0.4, -0.2) is 41.0 Å². The first kappa shape index (κ1) is 18.3. The Kier molecular flexibility index (Phi) is 5.02. The summed E-state index contributed by atoms with van der Waals surface area (Å²) in [6, 6.07) is 9.23. The molecule has 0 fully saturated rings.